The van der Waals surface area contributed by atoms with Crippen molar-refractivity contribution in [1.29, 1.82) is 0 Å². The van der Waals surface area contributed by atoms with Gasteiger partial charge in [-0.2, -0.15) is 5.10 Å². The summed E-state index contributed by atoms with van der Waals surface area (Å²) in [5.74, 6) is 1.11. The van der Waals surface area contributed by atoms with Gasteiger partial charge in [0.2, 0.25) is 0 Å². The second-order valence-corrected chi connectivity index (χ2v) is 5.65. The first kappa shape index (κ1) is 11.8. The number of carbonyl (C=O) groups is 1. The van der Waals surface area contributed by atoms with Gasteiger partial charge in [0.15, 0.2) is 5.78 Å². The molecule has 0 radical (unpaired) electrons. The van der Waals surface area contributed by atoms with Gasteiger partial charge in [0, 0.05) is 13.0 Å². The third kappa shape index (κ3) is 2.21. The SMILES string of the molecule is CC1CCCC(C(=O)c2c(Br)cnn2C)C1. The van der Waals surface area contributed by atoms with Gasteiger partial charge < -0.3 is 0 Å². The Bertz CT molecular complexity index is 380. The van der Waals surface area contributed by atoms with E-state index in [9.17, 15) is 4.79 Å². The lowest BCUT2D eigenvalue weighted by Crippen LogP contribution is -2.24. The summed E-state index contributed by atoms with van der Waals surface area (Å²) >= 11 is 3.40. The van der Waals surface area contributed by atoms with Crippen molar-refractivity contribution >= 4 is 21.7 Å². The fourth-order valence-corrected chi connectivity index (χ4v) is 3.10. The average molecular weight is 285 g/mol. The van der Waals surface area contributed by atoms with E-state index in [-0.39, 0.29) is 11.7 Å². The Morgan fingerprint density at radius 2 is 2.31 bits per heavy atom. The molecule has 1 aromatic heterocycles. The first-order valence-corrected chi connectivity index (χ1v) is 6.60. The lowest BCUT2D eigenvalue weighted by molar-refractivity contribution is 0.0857. The molecule has 1 aliphatic carbocycles. The Hall–Kier alpha value is -0.640. The molecule has 4 heteroatoms. The zero-order valence-electron chi connectivity index (χ0n) is 9.74. The van der Waals surface area contributed by atoms with Crippen LogP contribution in [-0.4, -0.2) is 15.6 Å². The highest BCUT2D eigenvalue weighted by Crippen LogP contribution is 2.32. The number of Topliss-reactive ketones (excluding diaryl/α,β-unsaturated/α-hetero) is 1. The molecule has 0 aliphatic heterocycles. The molecule has 1 aliphatic rings. The van der Waals surface area contributed by atoms with Crippen LogP contribution in [-0.2, 0) is 7.05 Å². The Kier molecular flexibility index (Phi) is 3.47. The number of nitrogens with zero attached hydrogens (tertiary/aromatic N) is 2. The summed E-state index contributed by atoms with van der Waals surface area (Å²) in [5.41, 5.74) is 0.721. The lowest BCUT2D eigenvalue weighted by Gasteiger charge is -2.25. The van der Waals surface area contributed by atoms with Crippen molar-refractivity contribution in [2.75, 3.05) is 0 Å². The maximum Gasteiger partial charge on any atom is 0.185 e. The molecule has 0 spiro atoms. The van der Waals surface area contributed by atoms with E-state index >= 15 is 0 Å². The summed E-state index contributed by atoms with van der Waals surface area (Å²) in [6.45, 7) is 2.23. The van der Waals surface area contributed by atoms with Crippen LogP contribution in [0.25, 0.3) is 0 Å². The highest BCUT2D eigenvalue weighted by molar-refractivity contribution is 9.10. The summed E-state index contributed by atoms with van der Waals surface area (Å²) in [5, 5.41) is 4.10. The molecular weight excluding hydrogens is 268 g/mol. The van der Waals surface area contributed by atoms with Crippen molar-refractivity contribution < 1.29 is 4.79 Å². The third-order valence-electron chi connectivity index (χ3n) is 3.43. The predicted molar refractivity (Wildman–Crippen MR) is 66.4 cm³/mol. The predicted octanol–water partition coefficient (Wildman–Crippen LogP) is 3.19. The highest BCUT2D eigenvalue weighted by Gasteiger charge is 2.28. The number of carbonyl (C=O) groups excluding carboxylic acids is 1. The van der Waals surface area contributed by atoms with E-state index in [0.717, 1.165) is 23.0 Å². The molecule has 0 saturated heterocycles. The topological polar surface area (TPSA) is 34.9 Å². The summed E-state index contributed by atoms with van der Waals surface area (Å²) in [6, 6.07) is 0. The van der Waals surface area contributed by atoms with Crippen LogP contribution in [0.4, 0.5) is 0 Å². The van der Waals surface area contributed by atoms with Gasteiger partial charge in [-0.25, -0.2) is 0 Å². The quantitative estimate of drug-likeness (QED) is 0.782. The van der Waals surface area contributed by atoms with Crippen molar-refractivity contribution in [2.24, 2.45) is 18.9 Å². The summed E-state index contributed by atoms with van der Waals surface area (Å²) in [7, 11) is 1.82. The fourth-order valence-electron chi connectivity index (χ4n) is 2.55. The van der Waals surface area contributed by atoms with Crippen molar-refractivity contribution in [1.82, 2.24) is 9.78 Å². The Morgan fingerprint density at radius 1 is 1.56 bits per heavy atom. The number of hydrogen-bond donors (Lipinski definition) is 0. The minimum atomic E-state index is 0.190. The van der Waals surface area contributed by atoms with Gasteiger partial charge in [-0.3, -0.25) is 9.48 Å². The molecule has 3 nitrogen and oxygen atoms in total. The number of aromatic nitrogens is 2. The van der Waals surface area contributed by atoms with Gasteiger partial charge in [0.1, 0.15) is 5.69 Å². The van der Waals surface area contributed by atoms with Crippen LogP contribution < -0.4 is 0 Å². The Labute approximate surface area is 104 Å². The molecule has 1 heterocycles. The van der Waals surface area contributed by atoms with Crippen LogP contribution in [0.5, 0.6) is 0 Å². The number of halogens is 1. The Balaban J connectivity index is 2.18. The van der Waals surface area contributed by atoms with Crippen molar-refractivity contribution in [3.05, 3.63) is 16.4 Å². The molecule has 2 atom stereocenters. The van der Waals surface area contributed by atoms with E-state index in [1.165, 1.54) is 12.8 Å². The fraction of sp³-hybridized carbons (Fsp3) is 0.667. The van der Waals surface area contributed by atoms with Crippen LogP contribution in [0.3, 0.4) is 0 Å². The number of aryl methyl sites for hydroxylation is 1. The number of hydrogen-bond acceptors (Lipinski definition) is 2. The van der Waals surface area contributed by atoms with Crippen LogP contribution in [0.15, 0.2) is 10.7 Å². The summed E-state index contributed by atoms with van der Waals surface area (Å²) in [6.07, 6.45) is 6.18. The maximum atomic E-state index is 12.4. The molecule has 0 N–H and O–H groups in total. The zero-order valence-corrected chi connectivity index (χ0v) is 11.3. The number of ketones is 1. The normalized spacial score (nSPS) is 25.7. The Morgan fingerprint density at radius 3 is 2.88 bits per heavy atom. The van der Waals surface area contributed by atoms with Gasteiger partial charge in [-0.1, -0.05) is 19.8 Å². The molecule has 0 aromatic carbocycles. The first-order valence-electron chi connectivity index (χ1n) is 5.81. The molecule has 16 heavy (non-hydrogen) atoms. The van der Waals surface area contributed by atoms with Crippen molar-refractivity contribution in [3.63, 3.8) is 0 Å². The first-order chi connectivity index (χ1) is 7.59. The van der Waals surface area contributed by atoms with Crippen LogP contribution in [0.2, 0.25) is 0 Å². The monoisotopic (exact) mass is 284 g/mol. The second kappa shape index (κ2) is 4.70. The minimum Gasteiger partial charge on any atom is -0.292 e. The minimum absolute atomic E-state index is 0.190. The standard InChI is InChI=1S/C12H17BrN2O/c1-8-4-3-5-9(6-8)12(16)11-10(13)7-14-15(11)2/h7-9H,3-6H2,1-2H3. The van der Waals surface area contributed by atoms with E-state index in [1.807, 2.05) is 7.05 Å². The molecule has 88 valence electrons. The molecule has 1 fully saturated rings. The van der Waals surface area contributed by atoms with Crippen LogP contribution in [0, 0.1) is 11.8 Å². The van der Waals surface area contributed by atoms with Crippen molar-refractivity contribution in [3.8, 4) is 0 Å². The van der Waals surface area contributed by atoms with E-state index < -0.39 is 0 Å². The lowest BCUT2D eigenvalue weighted by atomic mass is 9.79. The molecule has 1 aromatic rings. The van der Waals surface area contributed by atoms with E-state index in [2.05, 4.69) is 28.0 Å². The van der Waals surface area contributed by atoms with Crippen molar-refractivity contribution in [2.45, 2.75) is 32.6 Å². The second-order valence-electron chi connectivity index (χ2n) is 4.80. The number of rotatable bonds is 2. The van der Waals surface area contributed by atoms with Gasteiger partial charge in [-0.05, 0) is 34.7 Å². The maximum absolute atomic E-state index is 12.4. The third-order valence-corrected chi connectivity index (χ3v) is 4.02. The van der Waals surface area contributed by atoms with Gasteiger partial charge in [0.25, 0.3) is 0 Å². The van der Waals surface area contributed by atoms with Gasteiger partial charge in [0.05, 0.1) is 10.7 Å². The van der Waals surface area contributed by atoms with Gasteiger partial charge in [-0.15, -0.1) is 0 Å². The summed E-state index contributed by atoms with van der Waals surface area (Å²) in [4.78, 5) is 12.4. The van der Waals surface area contributed by atoms with Crippen LogP contribution in [0.1, 0.15) is 43.1 Å². The molecule has 2 unspecified atom stereocenters. The average Bonchev–Trinajstić information content (AvgIpc) is 2.58. The summed E-state index contributed by atoms with van der Waals surface area (Å²) < 4.78 is 2.49. The highest BCUT2D eigenvalue weighted by atomic mass is 79.9. The van der Waals surface area contributed by atoms with Gasteiger partial charge >= 0.3 is 0 Å². The molecule has 2 rings (SSSR count). The largest absolute Gasteiger partial charge is 0.292 e. The van der Waals surface area contributed by atoms with E-state index in [1.54, 1.807) is 10.9 Å². The smallest absolute Gasteiger partial charge is 0.185 e. The molecule has 0 amide bonds. The zero-order chi connectivity index (χ0) is 11.7. The molecular formula is C12H17BrN2O. The van der Waals surface area contributed by atoms with Crippen LogP contribution >= 0.6 is 15.9 Å². The van der Waals surface area contributed by atoms with E-state index in [0.29, 0.717) is 5.92 Å². The van der Waals surface area contributed by atoms with E-state index in [4.69, 9.17) is 0 Å². The molecule has 1 saturated carbocycles. The molecule has 0 bridgehead atoms.